The van der Waals surface area contributed by atoms with Crippen LogP contribution in [0.4, 0.5) is 0 Å². The normalized spacial score (nSPS) is 16.8. The third-order valence-corrected chi connectivity index (χ3v) is 2.21. The maximum Gasteiger partial charge on any atom is 0.115 e. The summed E-state index contributed by atoms with van der Waals surface area (Å²) in [6.45, 7) is 5.23. The molecule has 0 saturated heterocycles. The van der Waals surface area contributed by atoms with E-state index in [1.807, 2.05) is 0 Å². The fraction of sp³-hybridized carbons (Fsp3) is 0.714. The molecule has 0 aromatic rings. The number of hydrogen-bond acceptors (Lipinski definition) is 5. The molecule has 0 rings (SSSR count). The predicted molar refractivity (Wildman–Crippen MR) is 50.4 cm³/mol. The lowest BCUT2D eigenvalue weighted by Crippen LogP contribution is -2.64. The maximum absolute atomic E-state index is 5.87. The molecule has 5 heteroatoms. The van der Waals surface area contributed by atoms with Crippen LogP contribution in [-0.4, -0.2) is 11.1 Å². The summed E-state index contributed by atoms with van der Waals surface area (Å²) in [5.74, 6) is 0.0264. The predicted octanol–water partition coefficient (Wildman–Crippen LogP) is -1.51. The molecule has 0 aliphatic heterocycles. The Labute approximate surface area is 72.9 Å². The molecular weight excluding hydrogens is 154 g/mol. The topological polar surface area (TPSA) is 130 Å². The zero-order chi connectivity index (χ0) is 10.2. The third-order valence-electron chi connectivity index (χ3n) is 2.21. The Morgan fingerprint density at radius 1 is 0.917 bits per heavy atom. The summed E-state index contributed by atoms with van der Waals surface area (Å²) >= 11 is 0. The van der Waals surface area contributed by atoms with Crippen LogP contribution in [0.1, 0.15) is 20.8 Å². The lowest BCUT2D eigenvalue weighted by molar-refractivity contribution is 0.324. The van der Waals surface area contributed by atoms with Gasteiger partial charge in [0.15, 0.2) is 0 Å². The Kier molecular flexibility index (Phi) is 2.61. The van der Waals surface area contributed by atoms with Gasteiger partial charge in [-0.1, -0.05) is 0 Å². The minimum atomic E-state index is -0.897. The van der Waals surface area contributed by atoms with Gasteiger partial charge in [-0.3, -0.25) is 0 Å². The summed E-state index contributed by atoms with van der Waals surface area (Å²) in [5, 5.41) is 0. The largest absolute Gasteiger partial charge is 0.398 e. The Morgan fingerprint density at radius 2 is 1.25 bits per heavy atom. The van der Waals surface area contributed by atoms with Crippen molar-refractivity contribution in [3.05, 3.63) is 11.5 Å². The molecule has 0 bridgehead atoms. The lowest BCUT2D eigenvalue weighted by Gasteiger charge is -2.38. The Bertz CT molecular complexity index is 194. The minimum Gasteiger partial charge on any atom is -0.398 e. The van der Waals surface area contributed by atoms with E-state index < -0.39 is 11.1 Å². The van der Waals surface area contributed by atoms with E-state index in [1.54, 1.807) is 20.8 Å². The van der Waals surface area contributed by atoms with E-state index in [0.29, 0.717) is 0 Å². The van der Waals surface area contributed by atoms with Gasteiger partial charge in [0.1, 0.15) is 5.82 Å². The average Bonchev–Trinajstić information content (AvgIpc) is 1.83. The van der Waals surface area contributed by atoms with Gasteiger partial charge >= 0.3 is 0 Å². The van der Waals surface area contributed by atoms with Gasteiger partial charge in [-0.2, -0.15) is 0 Å². The molecule has 72 valence electrons. The summed E-state index contributed by atoms with van der Waals surface area (Å²) < 4.78 is 0. The Morgan fingerprint density at radius 3 is 1.33 bits per heavy atom. The smallest absolute Gasteiger partial charge is 0.115 e. The van der Waals surface area contributed by atoms with Crippen molar-refractivity contribution in [1.82, 2.24) is 0 Å². The van der Waals surface area contributed by atoms with Crippen LogP contribution in [0.2, 0.25) is 0 Å². The standard InChI is InChI=1S/C7H19N5/c1-6(2,11)7(3,12)4(8)5(9)10/h8-12H2,1-3H3. The molecule has 0 fully saturated rings. The van der Waals surface area contributed by atoms with Crippen molar-refractivity contribution in [2.45, 2.75) is 31.8 Å². The van der Waals surface area contributed by atoms with E-state index in [1.165, 1.54) is 0 Å². The first-order chi connectivity index (χ1) is 5.10. The summed E-state index contributed by atoms with van der Waals surface area (Å²) in [7, 11) is 0. The quantitative estimate of drug-likeness (QED) is 0.346. The highest BCUT2D eigenvalue weighted by Crippen LogP contribution is 2.21. The van der Waals surface area contributed by atoms with Crippen molar-refractivity contribution in [2.75, 3.05) is 0 Å². The highest BCUT2D eigenvalue weighted by atomic mass is 15.0. The minimum absolute atomic E-state index is 0.0264. The van der Waals surface area contributed by atoms with Gasteiger partial charge in [0, 0.05) is 5.54 Å². The van der Waals surface area contributed by atoms with E-state index >= 15 is 0 Å². The summed E-state index contributed by atoms with van der Waals surface area (Å²) in [6, 6.07) is 0. The maximum atomic E-state index is 5.87. The van der Waals surface area contributed by atoms with Gasteiger partial charge in [-0.05, 0) is 20.8 Å². The van der Waals surface area contributed by atoms with E-state index in [0.717, 1.165) is 0 Å². The molecule has 12 heavy (non-hydrogen) atoms. The van der Waals surface area contributed by atoms with Gasteiger partial charge in [0.2, 0.25) is 0 Å². The Hall–Kier alpha value is -0.940. The molecule has 0 aromatic carbocycles. The van der Waals surface area contributed by atoms with Crippen LogP contribution in [-0.2, 0) is 0 Å². The van der Waals surface area contributed by atoms with Crippen molar-refractivity contribution in [3.8, 4) is 0 Å². The van der Waals surface area contributed by atoms with Crippen LogP contribution >= 0.6 is 0 Å². The summed E-state index contributed by atoms with van der Waals surface area (Å²) in [5.41, 5.74) is 26.6. The van der Waals surface area contributed by atoms with Crippen LogP contribution in [0, 0.1) is 0 Å². The van der Waals surface area contributed by atoms with E-state index in [9.17, 15) is 0 Å². The molecule has 1 unspecified atom stereocenters. The molecule has 0 aliphatic rings. The first-order valence-corrected chi connectivity index (χ1v) is 3.69. The van der Waals surface area contributed by atoms with Crippen molar-refractivity contribution in [1.29, 1.82) is 0 Å². The number of hydrogen-bond donors (Lipinski definition) is 5. The highest BCUT2D eigenvalue weighted by Gasteiger charge is 2.37. The zero-order valence-electron chi connectivity index (χ0n) is 7.89. The van der Waals surface area contributed by atoms with E-state index in [-0.39, 0.29) is 11.5 Å². The zero-order valence-corrected chi connectivity index (χ0v) is 7.89. The summed E-state index contributed by atoms with van der Waals surface area (Å²) in [4.78, 5) is 0. The second-order valence-corrected chi connectivity index (χ2v) is 3.79. The van der Waals surface area contributed by atoms with Crippen molar-refractivity contribution >= 4 is 0 Å². The van der Waals surface area contributed by atoms with Crippen LogP contribution in [0.15, 0.2) is 11.5 Å². The van der Waals surface area contributed by atoms with Crippen LogP contribution in [0.25, 0.3) is 0 Å². The van der Waals surface area contributed by atoms with Crippen LogP contribution in [0.3, 0.4) is 0 Å². The van der Waals surface area contributed by atoms with Crippen molar-refractivity contribution in [2.24, 2.45) is 28.7 Å². The molecule has 0 radical (unpaired) electrons. The Balaban J connectivity index is 5.01. The number of nitrogens with two attached hydrogens (primary N) is 5. The fourth-order valence-electron chi connectivity index (χ4n) is 0.647. The molecule has 0 aromatic heterocycles. The molecule has 0 spiro atoms. The first kappa shape index (κ1) is 11.1. The van der Waals surface area contributed by atoms with Crippen LogP contribution in [0.5, 0.6) is 0 Å². The number of rotatable bonds is 2. The van der Waals surface area contributed by atoms with Crippen molar-refractivity contribution < 1.29 is 0 Å². The molecule has 0 amide bonds. The highest BCUT2D eigenvalue weighted by molar-refractivity contribution is 5.24. The molecular formula is C7H19N5. The van der Waals surface area contributed by atoms with Gasteiger partial charge in [0.05, 0.1) is 11.2 Å². The third kappa shape index (κ3) is 1.80. The fourth-order valence-corrected chi connectivity index (χ4v) is 0.647. The second-order valence-electron chi connectivity index (χ2n) is 3.79. The van der Waals surface area contributed by atoms with Gasteiger partial charge in [-0.25, -0.2) is 0 Å². The van der Waals surface area contributed by atoms with Gasteiger partial charge in [-0.15, -0.1) is 0 Å². The molecule has 0 heterocycles. The van der Waals surface area contributed by atoms with Crippen LogP contribution < -0.4 is 28.7 Å². The molecule has 10 N–H and O–H groups in total. The van der Waals surface area contributed by atoms with Crippen molar-refractivity contribution in [3.63, 3.8) is 0 Å². The monoisotopic (exact) mass is 173 g/mol. The molecule has 1 atom stereocenters. The SMILES string of the molecule is CC(C)(N)C(C)(N)C(N)=C(N)N. The first-order valence-electron chi connectivity index (χ1n) is 3.69. The van der Waals surface area contributed by atoms with E-state index in [4.69, 9.17) is 28.7 Å². The lowest BCUT2D eigenvalue weighted by atomic mass is 9.80. The molecule has 0 saturated carbocycles. The molecule has 0 aliphatic carbocycles. The van der Waals surface area contributed by atoms with Gasteiger partial charge in [0.25, 0.3) is 0 Å². The summed E-state index contributed by atoms with van der Waals surface area (Å²) in [6.07, 6.45) is 0. The second kappa shape index (κ2) is 2.84. The van der Waals surface area contributed by atoms with E-state index in [2.05, 4.69) is 0 Å². The van der Waals surface area contributed by atoms with Gasteiger partial charge < -0.3 is 28.7 Å². The average molecular weight is 173 g/mol. The molecule has 5 nitrogen and oxygen atoms in total.